The quantitative estimate of drug-likeness (QED) is 0.849. The molecule has 0 radical (unpaired) electrons. The Morgan fingerprint density at radius 3 is 2.77 bits per heavy atom. The zero-order valence-corrected chi connectivity index (χ0v) is 13.8. The normalized spacial score (nSPS) is 20.6. The number of carbonyl (C=O) groups excluding carboxylic acids is 1. The second-order valence-electron chi connectivity index (χ2n) is 6.56. The third-order valence-electron chi connectivity index (χ3n) is 4.31. The third kappa shape index (κ3) is 5.11. The van der Waals surface area contributed by atoms with E-state index in [9.17, 15) is 4.79 Å². The van der Waals surface area contributed by atoms with Gasteiger partial charge in [0.1, 0.15) is 0 Å². The van der Waals surface area contributed by atoms with Crippen molar-refractivity contribution in [3.63, 3.8) is 0 Å². The first-order chi connectivity index (χ1) is 10.6. The van der Waals surface area contributed by atoms with E-state index < -0.39 is 6.04 Å². The minimum atomic E-state index is -0.417. The minimum absolute atomic E-state index is 0.0977. The number of likely N-dealkylation sites (tertiary alicyclic amines) is 1. The standard InChI is InChI=1S/C18H29N3O/c1-3-5-17(19)18(22)20-16-9-7-15(8-10-16)13-21-11-4-6-14(2)12-21/h7-10,14,17H,3-6,11-13,19H2,1-2H3,(H,20,22). The van der Waals surface area contributed by atoms with Crippen molar-refractivity contribution in [2.24, 2.45) is 11.7 Å². The molecule has 0 aliphatic carbocycles. The van der Waals surface area contributed by atoms with Crippen molar-refractivity contribution in [3.8, 4) is 0 Å². The fourth-order valence-corrected chi connectivity index (χ4v) is 3.06. The molecular weight excluding hydrogens is 274 g/mol. The van der Waals surface area contributed by atoms with Gasteiger partial charge in [-0.15, -0.1) is 0 Å². The second-order valence-corrected chi connectivity index (χ2v) is 6.56. The number of piperidine rings is 1. The van der Waals surface area contributed by atoms with Crippen LogP contribution in [-0.4, -0.2) is 29.9 Å². The lowest BCUT2D eigenvalue weighted by Gasteiger charge is -2.30. The van der Waals surface area contributed by atoms with Gasteiger partial charge in [-0.1, -0.05) is 32.4 Å². The predicted octanol–water partition coefficient (Wildman–Crippen LogP) is 2.98. The summed E-state index contributed by atoms with van der Waals surface area (Å²) in [5.41, 5.74) is 7.95. The number of nitrogens with one attached hydrogen (secondary N) is 1. The Bertz CT molecular complexity index is 472. The van der Waals surface area contributed by atoms with Crippen molar-refractivity contribution in [2.75, 3.05) is 18.4 Å². The van der Waals surface area contributed by atoms with Crippen molar-refractivity contribution in [3.05, 3.63) is 29.8 Å². The van der Waals surface area contributed by atoms with Crippen LogP contribution in [0.15, 0.2) is 24.3 Å². The fraction of sp³-hybridized carbons (Fsp3) is 0.611. The van der Waals surface area contributed by atoms with E-state index in [1.54, 1.807) is 0 Å². The van der Waals surface area contributed by atoms with Gasteiger partial charge in [0.05, 0.1) is 6.04 Å². The van der Waals surface area contributed by atoms with Crippen LogP contribution in [0.5, 0.6) is 0 Å². The molecule has 3 N–H and O–H groups in total. The molecule has 0 aromatic heterocycles. The Kier molecular flexibility index (Phi) is 6.40. The second kappa shape index (κ2) is 8.30. The molecular formula is C18H29N3O. The lowest BCUT2D eigenvalue weighted by Crippen LogP contribution is -2.35. The molecule has 1 heterocycles. The first-order valence-corrected chi connectivity index (χ1v) is 8.46. The van der Waals surface area contributed by atoms with Gasteiger partial charge in [0, 0.05) is 18.8 Å². The average molecular weight is 303 g/mol. The number of carbonyl (C=O) groups is 1. The molecule has 2 atom stereocenters. The Morgan fingerprint density at radius 2 is 2.14 bits per heavy atom. The highest BCUT2D eigenvalue weighted by molar-refractivity contribution is 5.94. The monoisotopic (exact) mass is 303 g/mol. The third-order valence-corrected chi connectivity index (χ3v) is 4.31. The predicted molar refractivity (Wildman–Crippen MR) is 91.6 cm³/mol. The van der Waals surface area contributed by atoms with E-state index in [0.717, 1.165) is 31.0 Å². The zero-order valence-electron chi connectivity index (χ0n) is 13.8. The zero-order chi connectivity index (χ0) is 15.9. The highest BCUT2D eigenvalue weighted by Crippen LogP contribution is 2.18. The molecule has 1 aliphatic rings. The summed E-state index contributed by atoms with van der Waals surface area (Å²) in [5.74, 6) is 0.701. The van der Waals surface area contributed by atoms with Crippen LogP contribution in [0.25, 0.3) is 0 Å². The molecule has 1 fully saturated rings. The van der Waals surface area contributed by atoms with Crippen LogP contribution in [-0.2, 0) is 11.3 Å². The minimum Gasteiger partial charge on any atom is -0.325 e. The van der Waals surface area contributed by atoms with Gasteiger partial charge >= 0.3 is 0 Å². The molecule has 22 heavy (non-hydrogen) atoms. The SMILES string of the molecule is CCCC(N)C(=O)Nc1ccc(CN2CCCC(C)C2)cc1. The van der Waals surface area contributed by atoms with Crippen LogP contribution in [0.3, 0.4) is 0 Å². The molecule has 1 saturated heterocycles. The van der Waals surface area contributed by atoms with Gasteiger partial charge in [-0.25, -0.2) is 0 Å². The van der Waals surface area contributed by atoms with Gasteiger partial charge in [-0.05, 0) is 49.4 Å². The Morgan fingerprint density at radius 1 is 1.41 bits per heavy atom. The molecule has 1 aromatic carbocycles. The van der Waals surface area contributed by atoms with E-state index in [1.807, 2.05) is 19.1 Å². The Balaban J connectivity index is 1.86. The summed E-state index contributed by atoms with van der Waals surface area (Å²) < 4.78 is 0. The van der Waals surface area contributed by atoms with Gasteiger partial charge in [-0.2, -0.15) is 0 Å². The molecule has 2 unspecified atom stereocenters. The molecule has 0 saturated carbocycles. The Hall–Kier alpha value is -1.39. The number of rotatable bonds is 6. The smallest absolute Gasteiger partial charge is 0.241 e. The molecule has 0 spiro atoms. The van der Waals surface area contributed by atoms with Gasteiger partial charge in [0.25, 0.3) is 0 Å². The fourth-order valence-electron chi connectivity index (χ4n) is 3.06. The summed E-state index contributed by atoms with van der Waals surface area (Å²) in [4.78, 5) is 14.4. The van der Waals surface area contributed by atoms with E-state index in [2.05, 4.69) is 29.3 Å². The molecule has 4 nitrogen and oxygen atoms in total. The van der Waals surface area contributed by atoms with Gasteiger partial charge in [0.2, 0.25) is 5.91 Å². The van der Waals surface area contributed by atoms with E-state index >= 15 is 0 Å². The van der Waals surface area contributed by atoms with Crippen molar-refractivity contribution in [1.82, 2.24) is 4.90 Å². The molecule has 1 amide bonds. The van der Waals surface area contributed by atoms with Crippen LogP contribution >= 0.6 is 0 Å². The first-order valence-electron chi connectivity index (χ1n) is 8.46. The number of benzene rings is 1. The molecule has 1 aromatic rings. The van der Waals surface area contributed by atoms with Crippen LogP contribution in [0.1, 0.15) is 45.1 Å². The number of amides is 1. The lowest BCUT2D eigenvalue weighted by molar-refractivity contribution is -0.117. The van der Waals surface area contributed by atoms with Gasteiger partial charge in [-0.3, -0.25) is 9.69 Å². The summed E-state index contributed by atoms with van der Waals surface area (Å²) in [6.45, 7) is 7.72. The summed E-state index contributed by atoms with van der Waals surface area (Å²) in [6.07, 6.45) is 4.28. The maximum Gasteiger partial charge on any atom is 0.241 e. The molecule has 1 aliphatic heterocycles. The maximum absolute atomic E-state index is 11.9. The van der Waals surface area contributed by atoms with Gasteiger partial charge in [0.15, 0.2) is 0 Å². The van der Waals surface area contributed by atoms with E-state index in [-0.39, 0.29) is 5.91 Å². The lowest BCUT2D eigenvalue weighted by atomic mass is 10.00. The topological polar surface area (TPSA) is 58.4 Å². The molecule has 4 heteroatoms. The van der Waals surface area contributed by atoms with Crippen LogP contribution in [0, 0.1) is 5.92 Å². The first kappa shape index (κ1) is 17.0. The van der Waals surface area contributed by atoms with E-state index in [0.29, 0.717) is 0 Å². The van der Waals surface area contributed by atoms with Crippen molar-refractivity contribution in [1.29, 1.82) is 0 Å². The number of nitrogens with two attached hydrogens (primary N) is 1. The van der Waals surface area contributed by atoms with E-state index in [4.69, 9.17) is 5.73 Å². The van der Waals surface area contributed by atoms with Crippen molar-refractivity contribution >= 4 is 11.6 Å². The molecule has 122 valence electrons. The summed E-state index contributed by atoms with van der Waals surface area (Å²) in [5, 5.41) is 2.89. The van der Waals surface area contributed by atoms with Crippen LogP contribution in [0.4, 0.5) is 5.69 Å². The Labute approximate surface area is 134 Å². The molecule has 2 rings (SSSR count). The molecule has 0 bridgehead atoms. The highest BCUT2D eigenvalue weighted by Gasteiger charge is 2.16. The summed E-state index contributed by atoms with van der Waals surface area (Å²) in [6, 6.07) is 7.72. The number of hydrogen-bond acceptors (Lipinski definition) is 3. The highest BCUT2D eigenvalue weighted by atomic mass is 16.2. The number of hydrogen-bond donors (Lipinski definition) is 2. The summed E-state index contributed by atoms with van der Waals surface area (Å²) in [7, 11) is 0. The largest absolute Gasteiger partial charge is 0.325 e. The maximum atomic E-state index is 11.9. The van der Waals surface area contributed by atoms with Gasteiger partial charge < -0.3 is 11.1 Å². The summed E-state index contributed by atoms with van der Waals surface area (Å²) >= 11 is 0. The number of nitrogens with zero attached hydrogens (tertiary/aromatic N) is 1. The number of anilines is 1. The average Bonchev–Trinajstić information content (AvgIpc) is 2.49. The van der Waals surface area contributed by atoms with Crippen molar-refractivity contribution < 1.29 is 4.79 Å². The van der Waals surface area contributed by atoms with E-state index in [1.165, 1.54) is 31.5 Å². The van der Waals surface area contributed by atoms with Crippen LogP contribution in [0.2, 0.25) is 0 Å². The van der Waals surface area contributed by atoms with Crippen molar-refractivity contribution in [2.45, 2.75) is 52.1 Å². The van der Waals surface area contributed by atoms with Crippen LogP contribution < -0.4 is 11.1 Å².